The van der Waals surface area contributed by atoms with E-state index in [-0.39, 0.29) is 23.4 Å². The summed E-state index contributed by atoms with van der Waals surface area (Å²) < 4.78 is 38.1. The van der Waals surface area contributed by atoms with Crippen LogP contribution in [0.25, 0.3) is 20.8 Å². The van der Waals surface area contributed by atoms with Gasteiger partial charge in [-0.05, 0) is 36.8 Å². The second-order valence-electron chi connectivity index (χ2n) is 8.37. The van der Waals surface area contributed by atoms with E-state index in [0.717, 1.165) is 32.2 Å². The molecule has 3 aromatic heterocycles. The van der Waals surface area contributed by atoms with Gasteiger partial charge in [0.15, 0.2) is 11.6 Å². The zero-order chi connectivity index (χ0) is 27.5. The third-order valence-electron chi connectivity index (χ3n) is 5.75. The van der Waals surface area contributed by atoms with Crippen molar-refractivity contribution < 1.29 is 23.1 Å². The van der Waals surface area contributed by atoms with Gasteiger partial charge in [0.2, 0.25) is 5.91 Å². The molecular formula is C27H21F2N5O3S2. The number of carbonyl (C=O) groups is 2. The first-order valence-electron chi connectivity index (χ1n) is 11.8. The van der Waals surface area contributed by atoms with Gasteiger partial charge >= 0.3 is 6.03 Å². The number of imidazole rings is 1. The van der Waals surface area contributed by atoms with Gasteiger partial charge < -0.3 is 9.30 Å². The smallest absolute Gasteiger partial charge is 0.338 e. The highest BCUT2D eigenvalue weighted by atomic mass is 32.1. The van der Waals surface area contributed by atoms with Crippen LogP contribution in [0.15, 0.2) is 73.3 Å². The minimum Gasteiger partial charge on any atom is -0.453 e. The Morgan fingerprint density at radius 1 is 1.08 bits per heavy atom. The van der Waals surface area contributed by atoms with Crippen molar-refractivity contribution in [2.24, 2.45) is 0 Å². The average molecular weight is 566 g/mol. The van der Waals surface area contributed by atoms with Crippen molar-refractivity contribution in [3.05, 3.63) is 90.5 Å². The Kier molecular flexibility index (Phi) is 7.57. The molecule has 0 aliphatic carbocycles. The van der Waals surface area contributed by atoms with E-state index in [4.69, 9.17) is 4.74 Å². The number of benzene rings is 2. The lowest BCUT2D eigenvalue weighted by Gasteiger charge is -2.17. The van der Waals surface area contributed by atoms with Gasteiger partial charge in [0.25, 0.3) is 0 Å². The van der Waals surface area contributed by atoms with Crippen LogP contribution in [0.4, 0.5) is 19.3 Å². The maximum Gasteiger partial charge on any atom is 0.338 e. The van der Waals surface area contributed by atoms with Crippen LogP contribution >= 0.6 is 24.2 Å². The predicted octanol–water partition coefficient (Wildman–Crippen LogP) is 6.38. The number of ether oxygens (including phenoxy) is 1. The molecule has 0 atom stereocenters. The lowest BCUT2D eigenvalue weighted by atomic mass is 10.1. The molecule has 0 aliphatic rings. The van der Waals surface area contributed by atoms with E-state index >= 15 is 4.39 Å². The number of rotatable bonds is 7. The molecule has 0 fully saturated rings. The lowest BCUT2D eigenvalue weighted by Crippen LogP contribution is -2.39. The third-order valence-corrected chi connectivity index (χ3v) is 7.33. The van der Waals surface area contributed by atoms with Crippen molar-refractivity contribution in [3.8, 4) is 22.1 Å². The molecule has 0 saturated heterocycles. The molecule has 8 nitrogen and oxygen atoms in total. The molecule has 0 saturated carbocycles. The number of amides is 3. The standard InChI is InChI=1S/C27H21F2N5O3S2/c1-2-33-14-21(31-15-33)24-13-20-26(39-24)23(9-10-30-20)37-22-8-7-17(12-19(22)29)34(38)27(36)32-25(35)11-16-5-3-4-6-18(16)28/h3-10,12-15,38H,2,11H2,1H3,(H,32,35,36). The van der Waals surface area contributed by atoms with Crippen molar-refractivity contribution in [1.82, 2.24) is 19.9 Å². The first-order valence-corrected chi connectivity index (χ1v) is 13.0. The summed E-state index contributed by atoms with van der Waals surface area (Å²) in [6, 6.07) is 12.2. The Balaban J connectivity index is 1.29. The molecule has 2 aromatic carbocycles. The molecule has 5 rings (SSSR count). The summed E-state index contributed by atoms with van der Waals surface area (Å²) >= 11 is 5.51. The highest BCUT2D eigenvalue weighted by molar-refractivity contribution is 7.82. The van der Waals surface area contributed by atoms with Crippen molar-refractivity contribution in [3.63, 3.8) is 0 Å². The number of nitrogens with zero attached hydrogens (tertiary/aromatic N) is 4. The summed E-state index contributed by atoms with van der Waals surface area (Å²) in [6.07, 6.45) is 4.93. The van der Waals surface area contributed by atoms with Crippen molar-refractivity contribution >= 4 is 52.0 Å². The molecule has 0 unspecified atom stereocenters. The van der Waals surface area contributed by atoms with Crippen LogP contribution in [0.5, 0.6) is 11.5 Å². The van der Waals surface area contributed by atoms with E-state index < -0.39 is 23.6 Å². The van der Waals surface area contributed by atoms with E-state index in [9.17, 15) is 14.0 Å². The maximum absolute atomic E-state index is 15.0. The molecule has 0 aliphatic heterocycles. The Hall–Kier alpha value is -4.29. The number of thiol groups is 1. The van der Waals surface area contributed by atoms with Gasteiger partial charge in [-0.2, -0.15) is 0 Å². The number of urea groups is 1. The summed E-state index contributed by atoms with van der Waals surface area (Å²) in [5.41, 5.74) is 1.69. The first kappa shape index (κ1) is 26.3. The number of aryl methyl sites for hydroxylation is 1. The van der Waals surface area contributed by atoms with Crippen LogP contribution < -0.4 is 14.4 Å². The van der Waals surface area contributed by atoms with Gasteiger partial charge in [0.05, 0.1) is 39.2 Å². The molecular weight excluding hydrogens is 544 g/mol. The quantitative estimate of drug-likeness (QED) is 0.224. The second kappa shape index (κ2) is 11.2. The summed E-state index contributed by atoms with van der Waals surface area (Å²) in [7, 11) is 0. The third kappa shape index (κ3) is 5.76. The highest BCUT2D eigenvalue weighted by Gasteiger charge is 2.19. The molecule has 39 heavy (non-hydrogen) atoms. The monoisotopic (exact) mass is 565 g/mol. The van der Waals surface area contributed by atoms with E-state index in [0.29, 0.717) is 11.3 Å². The molecule has 12 heteroatoms. The summed E-state index contributed by atoms with van der Waals surface area (Å²) in [5, 5.41) is 2.11. The van der Waals surface area contributed by atoms with Gasteiger partial charge in [-0.1, -0.05) is 31.0 Å². The van der Waals surface area contributed by atoms with Gasteiger partial charge in [-0.15, -0.1) is 11.3 Å². The first-order chi connectivity index (χ1) is 18.8. The fourth-order valence-corrected chi connectivity index (χ4v) is 4.95. The molecule has 5 aromatic rings. The largest absolute Gasteiger partial charge is 0.453 e. The minimum atomic E-state index is -0.916. The summed E-state index contributed by atoms with van der Waals surface area (Å²) in [4.78, 5) is 34.4. The van der Waals surface area contributed by atoms with Crippen LogP contribution in [-0.2, 0) is 17.8 Å². The van der Waals surface area contributed by atoms with Crippen molar-refractivity contribution in [1.29, 1.82) is 0 Å². The number of hydrogen-bond donors (Lipinski definition) is 2. The van der Waals surface area contributed by atoms with E-state index in [2.05, 4.69) is 28.1 Å². The summed E-state index contributed by atoms with van der Waals surface area (Å²) in [5.74, 6) is -1.70. The van der Waals surface area contributed by atoms with Gasteiger partial charge in [-0.25, -0.2) is 22.9 Å². The second-order valence-corrected chi connectivity index (χ2v) is 9.83. The normalized spacial score (nSPS) is 11.0. The van der Waals surface area contributed by atoms with Gasteiger partial charge in [0.1, 0.15) is 11.6 Å². The SMILES string of the molecule is CCn1cnc(-c2cc3nccc(Oc4ccc(N(S)C(=O)NC(=O)Cc5ccccc5F)cc4F)c3s2)c1. The van der Waals surface area contributed by atoms with Crippen molar-refractivity contribution in [2.45, 2.75) is 19.9 Å². The van der Waals surface area contributed by atoms with E-state index in [1.54, 1.807) is 24.7 Å². The van der Waals surface area contributed by atoms with Crippen LogP contribution in [0, 0.1) is 11.6 Å². The lowest BCUT2D eigenvalue weighted by molar-refractivity contribution is -0.119. The molecule has 0 radical (unpaired) electrons. The van der Waals surface area contributed by atoms with Gasteiger partial charge in [-0.3, -0.25) is 15.1 Å². The van der Waals surface area contributed by atoms with E-state index in [1.165, 1.54) is 41.7 Å². The molecule has 1 N–H and O–H groups in total. The number of nitrogens with one attached hydrogen (secondary N) is 1. The van der Waals surface area contributed by atoms with Crippen LogP contribution in [-0.4, -0.2) is 26.5 Å². The number of halogens is 2. The minimum absolute atomic E-state index is 0.0594. The Morgan fingerprint density at radius 3 is 2.64 bits per heavy atom. The predicted molar refractivity (Wildman–Crippen MR) is 148 cm³/mol. The molecule has 0 bridgehead atoms. The topological polar surface area (TPSA) is 89.3 Å². The Bertz CT molecular complexity index is 1690. The number of fused-ring (bicyclic) bond motifs is 1. The van der Waals surface area contributed by atoms with Crippen LogP contribution in [0.3, 0.4) is 0 Å². The van der Waals surface area contributed by atoms with Crippen LogP contribution in [0.1, 0.15) is 12.5 Å². The number of aromatic nitrogens is 3. The molecule has 0 spiro atoms. The fourth-order valence-electron chi connectivity index (χ4n) is 3.75. The van der Waals surface area contributed by atoms with E-state index in [1.807, 2.05) is 23.8 Å². The number of hydrogen-bond acceptors (Lipinski definition) is 7. The number of carbonyl (C=O) groups excluding carboxylic acids is 2. The average Bonchev–Trinajstić information content (AvgIpc) is 3.58. The number of anilines is 1. The fraction of sp³-hybridized carbons (Fsp3) is 0.111. The zero-order valence-corrected chi connectivity index (χ0v) is 22.2. The number of thiophene rings is 1. The summed E-state index contributed by atoms with van der Waals surface area (Å²) in [6.45, 7) is 2.83. The van der Waals surface area contributed by atoms with Crippen LogP contribution in [0.2, 0.25) is 0 Å². The van der Waals surface area contributed by atoms with Crippen molar-refractivity contribution in [2.75, 3.05) is 4.31 Å². The Morgan fingerprint density at radius 2 is 1.90 bits per heavy atom. The number of imide groups is 1. The maximum atomic E-state index is 15.0. The molecule has 3 amide bonds. The number of pyridine rings is 1. The molecule has 198 valence electrons. The Labute approximate surface area is 231 Å². The highest BCUT2D eigenvalue weighted by Crippen LogP contribution is 2.39. The molecule has 3 heterocycles. The zero-order valence-electron chi connectivity index (χ0n) is 20.5. The van der Waals surface area contributed by atoms with Gasteiger partial charge in [0, 0.05) is 31.1 Å².